The van der Waals surface area contributed by atoms with Gasteiger partial charge in [0.1, 0.15) is 0 Å². The van der Waals surface area contributed by atoms with E-state index in [4.69, 9.17) is 9.84 Å². The van der Waals surface area contributed by atoms with Crippen molar-refractivity contribution in [3.63, 3.8) is 0 Å². The van der Waals surface area contributed by atoms with Crippen LogP contribution >= 0.6 is 0 Å². The lowest BCUT2D eigenvalue weighted by Crippen LogP contribution is -2.29. The van der Waals surface area contributed by atoms with Gasteiger partial charge < -0.3 is 14.7 Å². The first-order valence-corrected chi connectivity index (χ1v) is 7.40. The second kappa shape index (κ2) is 7.09. The Kier molecular flexibility index (Phi) is 5.16. The number of esters is 1. The summed E-state index contributed by atoms with van der Waals surface area (Å²) in [7, 11) is 0. The van der Waals surface area contributed by atoms with Gasteiger partial charge in [0.15, 0.2) is 0 Å². The van der Waals surface area contributed by atoms with E-state index < -0.39 is 24.3 Å². The van der Waals surface area contributed by atoms with Crippen LogP contribution in [0.15, 0.2) is 41.6 Å². The molecule has 1 atom stereocenters. The van der Waals surface area contributed by atoms with Crippen LogP contribution in [-0.2, 0) is 25.7 Å². The molecule has 1 N–H and O–H groups in total. The van der Waals surface area contributed by atoms with E-state index in [0.717, 1.165) is 5.56 Å². The van der Waals surface area contributed by atoms with Gasteiger partial charge in [-0.25, -0.2) is 4.79 Å². The van der Waals surface area contributed by atoms with E-state index in [1.54, 1.807) is 13.8 Å². The lowest BCUT2D eigenvalue weighted by Gasteiger charge is -2.19. The van der Waals surface area contributed by atoms with E-state index >= 15 is 0 Å². The van der Waals surface area contributed by atoms with Gasteiger partial charge in [0.25, 0.3) is 0 Å². The molecule has 1 aromatic rings. The highest BCUT2D eigenvalue weighted by Crippen LogP contribution is 2.34. The normalized spacial score (nSPS) is 17.6. The molecule has 6 heteroatoms. The second-order valence-electron chi connectivity index (χ2n) is 5.28. The number of carboxylic acid groups (broad SMARTS) is 1. The molecule has 0 bridgehead atoms. The smallest absolute Gasteiger partial charge is 0.336 e. The van der Waals surface area contributed by atoms with Crippen LogP contribution in [-0.4, -0.2) is 34.5 Å². The molecule has 23 heavy (non-hydrogen) atoms. The van der Waals surface area contributed by atoms with Crippen molar-refractivity contribution < 1.29 is 24.2 Å². The molecule has 1 unspecified atom stereocenters. The van der Waals surface area contributed by atoms with Gasteiger partial charge in [-0.15, -0.1) is 0 Å². The topological polar surface area (TPSA) is 83.9 Å². The van der Waals surface area contributed by atoms with Crippen molar-refractivity contribution in [1.29, 1.82) is 0 Å². The summed E-state index contributed by atoms with van der Waals surface area (Å²) in [4.78, 5) is 37.2. The Morgan fingerprint density at radius 1 is 1.26 bits per heavy atom. The van der Waals surface area contributed by atoms with E-state index in [0.29, 0.717) is 12.2 Å². The quantitative estimate of drug-likeness (QED) is 0.811. The Labute approximate surface area is 134 Å². The fourth-order valence-corrected chi connectivity index (χ4v) is 2.70. The molecule has 0 saturated carbocycles. The first kappa shape index (κ1) is 16.7. The van der Waals surface area contributed by atoms with Gasteiger partial charge in [0.2, 0.25) is 5.91 Å². The summed E-state index contributed by atoms with van der Waals surface area (Å²) in [5.41, 5.74) is 1.51. The van der Waals surface area contributed by atoms with Gasteiger partial charge in [0.05, 0.1) is 31.1 Å². The summed E-state index contributed by atoms with van der Waals surface area (Å²) in [6, 6.07) is 9.32. The average Bonchev–Trinajstić information content (AvgIpc) is 2.73. The van der Waals surface area contributed by atoms with Gasteiger partial charge in [-0.2, -0.15) is 0 Å². The number of benzene rings is 1. The number of amides is 1. The summed E-state index contributed by atoms with van der Waals surface area (Å²) in [5, 5.41) is 9.04. The minimum atomic E-state index is -1.13. The third-order valence-electron chi connectivity index (χ3n) is 3.76. The molecule has 0 spiro atoms. The summed E-state index contributed by atoms with van der Waals surface area (Å²) >= 11 is 0. The van der Waals surface area contributed by atoms with Crippen LogP contribution in [0.4, 0.5) is 0 Å². The zero-order valence-corrected chi connectivity index (χ0v) is 13.1. The number of nitrogens with zero attached hydrogens (tertiary/aromatic N) is 1. The Balaban J connectivity index is 2.34. The molecule has 0 fully saturated rings. The minimum absolute atomic E-state index is 0.148. The van der Waals surface area contributed by atoms with Gasteiger partial charge in [-0.1, -0.05) is 30.3 Å². The summed E-state index contributed by atoms with van der Waals surface area (Å²) < 4.78 is 4.99. The largest absolute Gasteiger partial charge is 0.481 e. The molecule has 122 valence electrons. The first-order chi connectivity index (χ1) is 11.0. The summed E-state index contributed by atoms with van der Waals surface area (Å²) in [6.45, 7) is 3.78. The second-order valence-corrected chi connectivity index (χ2v) is 5.28. The van der Waals surface area contributed by atoms with Crippen molar-refractivity contribution in [2.45, 2.75) is 26.8 Å². The Bertz CT molecular complexity index is 650. The minimum Gasteiger partial charge on any atom is -0.481 e. The predicted molar refractivity (Wildman–Crippen MR) is 82.1 cm³/mol. The van der Waals surface area contributed by atoms with Gasteiger partial charge in [0, 0.05) is 5.70 Å². The van der Waals surface area contributed by atoms with Crippen LogP contribution in [0.25, 0.3) is 0 Å². The standard InChI is InChI=1S/C17H19NO5/c1-3-23-17(22)15-11(2)18(10-12-7-5-4-6-8-12)16(21)13(15)9-14(19)20/h4-8,13H,3,9-10H2,1-2H3,(H,19,20). The van der Waals surface area contributed by atoms with Crippen molar-refractivity contribution in [3.05, 3.63) is 47.2 Å². The van der Waals surface area contributed by atoms with Crippen molar-refractivity contribution in [2.24, 2.45) is 5.92 Å². The number of aliphatic carboxylic acids is 1. The molecule has 0 aliphatic carbocycles. The van der Waals surface area contributed by atoms with Crippen LogP contribution in [0.1, 0.15) is 25.8 Å². The van der Waals surface area contributed by atoms with Crippen LogP contribution in [0.5, 0.6) is 0 Å². The number of carboxylic acids is 1. The fraction of sp³-hybridized carbons (Fsp3) is 0.353. The van der Waals surface area contributed by atoms with Crippen LogP contribution in [0.2, 0.25) is 0 Å². The molecular formula is C17H19NO5. The molecule has 1 aromatic carbocycles. The number of hydrogen-bond acceptors (Lipinski definition) is 4. The molecule has 0 saturated heterocycles. The Hall–Kier alpha value is -2.63. The highest BCUT2D eigenvalue weighted by Gasteiger charge is 2.42. The number of carbonyl (C=O) groups is 3. The monoisotopic (exact) mass is 317 g/mol. The van der Waals surface area contributed by atoms with E-state index in [9.17, 15) is 14.4 Å². The average molecular weight is 317 g/mol. The highest BCUT2D eigenvalue weighted by atomic mass is 16.5. The maximum atomic E-state index is 12.6. The summed E-state index contributed by atoms with van der Waals surface area (Å²) in [5.74, 6) is -3.12. The molecule has 1 amide bonds. The third kappa shape index (κ3) is 3.59. The molecule has 6 nitrogen and oxygen atoms in total. The molecule has 0 radical (unpaired) electrons. The number of carbonyl (C=O) groups excluding carboxylic acids is 2. The van der Waals surface area contributed by atoms with Crippen molar-refractivity contribution >= 4 is 17.8 Å². The van der Waals surface area contributed by atoms with E-state index in [1.807, 2.05) is 30.3 Å². The van der Waals surface area contributed by atoms with Crippen molar-refractivity contribution in [2.75, 3.05) is 6.61 Å². The Morgan fingerprint density at radius 3 is 2.48 bits per heavy atom. The van der Waals surface area contributed by atoms with Gasteiger partial charge >= 0.3 is 11.9 Å². The third-order valence-corrected chi connectivity index (χ3v) is 3.76. The first-order valence-electron chi connectivity index (χ1n) is 7.40. The predicted octanol–water partition coefficient (Wildman–Crippen LogP) is 1.96. The molecule has 2 rings (SSSR count). The SMILES string of the molecule is CCOC(=O)C1=C(C)N(Cc2ccccc2)C(=O)C1CC(=O)O. The van der Waals surface area contributed by atoms with Crippen LogP contribution in [0, 0.1) is 5.92 Å². The molecule has 0 aromatic heterocycles. The molecular weight excluding hydrogens is 298 g/mol. The zero-order valence-electron chi connectivity index (χ0n) is 13.1. The van der Waals surface area contributed by atoms with Crippen molar-refractivity contribution in [1.82, 2.24) is 4.90 Å². The van der Waals surface area contributed by atoms with Crippen LogP contribution < -0.4 is 0 Å². The highest BCUT2D eigenvalue weighted by molar-refractivity contribution is 6.03. The van der Waals surface area contributed by atoms with E-state index in [-0.39, 0.29) is 18.1 Å². The van der Waals surface area contributed by atoms with E-state index in [1.165, 1.54) is 4.90 Å². The van der Waals surface area contributed by atoms with E-state index in [2.05, 4.69) is 0 Å². The van der Waals surface area contributed by atoms with Crippen molar-refractivity contribution in [3.8, 4) is 0 Å². The lowest BCUT2D eigenvalue weighted by atomic mass is 9.97. The molecule has 1 aliphatic rings. The number of ether oxygens (including phenoxy) is 1. The molecule has 1 aliphatic heterocycles. The maximum absolute atomic E-state index is 12.6. The molecule has 1 heterocycles. The number of rotatable bonds is 6. The van der Waals surface area contributed by atoms with Crippen LogP contribution in [0.3, 0.4) is 0 Å². The zero-order chi connectivity index (χ0) is 17.0. The number of allylic oxidation sites excluding steroid dienone is 1. The Morgan fingerprint density at radius 2 is 1.91 bits per heavy atom. The maximum Gasteiger partial charge on any atom is 0.336 e. The van der Waals surface area contributed by atoms with Gasteiger partial charge in [-0.05, 0) is 19.4 Å². The number of hydrogen-bond donors (Lipinski definition) is 1. The van der Waals surface area contributed by atoms with Gasteiger partial charge in [-0.3, -0.25) is 9.59 Å². The summed E-state index contributed by atoms with van der Waals surface area (Å²) in [6.07, 6.45) is -0.421. The fourth-order valence-electron chi connectivity index (χ4n) is 2.70. The lowest BCUT2D eigenvalue weighted by molar-refractivity contribution is -0.144.